The molecule has 0 spiro atoms. The van der Waals surface area contributed by atoms with Gasteiger partial charge in [0.25, 0.3) is 0 Å². The Kier molecular flexibility index (Phi) is 6.80. The first-order valence-electron chi connectivity index (χ1n) is 8.80. The summed E-state index contributed by atoms with van der Waals surface area (Å²) in [6.07, 6.45) is 5.00. The van der Waals surface area contributed by atoms with Gasteiger partial charge in [0.2, 0.25) is 5.91 Å². The monoisotopic (exact) mass is 452 g/mol. The number of likely N-dealkylation sites (tertiary alicyclic amines) is 1. The molecule has 1 aromatic rings. The molecule has 3 unspecified atom stereocenters. The van der Waals surface area contributed by atoms with Crippen LogP contribution in [0.5, 0.6) is 0 Å². The van der Waals surface area contributed by atoms with Crippen molar-refractivity contribution in [1.82, 2.24) is 4.90 Å². The first-order valence-corrected chi connectivity index (χ1v) is 10.3. The molecule has 1 amide bonds. The van der Waals surface area contributed by atoms with E-state index in [2.05, 4.69) is 5.32 Å². The molecule has 148 valence electrons. The van der Waals surface area contributed by atoms with Gasteiger partial charge in [0.1, 0.15) is 6.04 Å². The molecule has 1 saturated heterocycles. The van der Waals surface area contributed by atoms with Crippen LogP contribution in [0.2, 0.25) is 20.1 Å². The number of benzene rings is 1. The molecule has 2 aliphatic rings. The Labute approximate surface area is 178 Å². The van der Waals surface area contributed by atoms with Crippen LogP contribution in [0.3, 0.4) is 0 Å². The lowest BCUT2D eigenvalue weighted by atomic mass is 9.85. The number of methoxy groups -OCH3 is 1. The van der Waals surface area contributed by atoms with Crippen molar-refractivity contribution in [2.45, 2.75) is 44.2 Å². The van der Waals surface area contributed by atoms with Gasteiger partial charge in [-0.2, -0.15) is 0 Å². The van der Waals surface area contributed by atoms with Crippen molar-refractivity contribution in [3.63, 3.8) is 0 Å². The normalized spacial score (nSPS) is 25.1. The summed E-state index contributed by atoms with van der Waals surface area (Å²) < 4.78 is 4.95. The summed E-state index contributed by atoms with van der Waals surface area (Å²) in [5, 5.41) is 3.34. The molecule has 1 N–H and O–H groups in total. The number of nitrogens with zero attached hydrogens (tertiary/aromatic N) is 1. The molecule has 0 bridgehead atoms. The quantitative estimate of drug-likeness (QED) is 0.512. The summed E-state index contributed by atoms with van der Waals surface area (Å²) in [7, 11) is 1.37. The van der Waals surface area contributed by atoms with Gasteiger partial charge >= 0.3 is 5.97 Å². The zero-order valence-corrected chi connectivity index (χ0v) is 17.8. The number of amides is 1. The van der Waals surface area contributed by atoms with Gasteiger partial charge in [0, 0.05) is 6.04 Å². The number of ether oxygens (including phenoxy) is 1. The minimum absolute atomic E-state index is 0.0394. The van der Waals surface area contributed by atoms with Crippen LogP contribution < -0.4 is 5.32 Å². The van der Waals surface area contributed by atoms with Crippen LogP contribution >= 0.6 is 46.4 Å². The molecule has 3 atom stereocenters. The minimum atomic E-state index is -0.414. The van der Waals surface area contributed by atoms with Crippen LogP contribution in [0.25, 0.3) is 0 Å². The number of anilines is 1. The molecule has 2 fully saturated rings. The number of carbonyl (C=O) groups is 2. The van der Waals surface area contributed by atoms with E-state index in [9.17, 15) is 9.59 Å². The summed E-state index contributed by atoms with van der Waals surface area (Å²) in [6, 6.07) is 1.20. The van der Waals surface area contributed by atoms with Crippen molar-refractivity contribution in [2.24, 2.45) is 5.92 Å². The fraction of sp³-hybridized carbons (Fsp3) is 0.556. The number of esters is 1. The van der Waals surface area contributed by atoms with Crippen molar-refractivity contribution in [2.75, 3.05) is 19.0 Å². The molecule has 1 heterocycles. The summed E-state index contributed by atoms with van der Waals surface area (Å²) in [5.74, 6) is -0.236. The Morgan fingerprint density at radius 2 is 1.78 bits per heavy atom. The third-order valence-corrected chi connectivity index (χ3v) is 6.97. The Morgan fingerprint density at radius 1 is 1.15 bits per heavy atom. The van der Waals surface area contributed by atoms with Crippen LogP contribution in [-0.4, -0.2) is 42.5 Å². The van der Waals surface area contributed by atoms with Crippen LogP contribution in [-0.2, 0) is 14.3 Å². The molecule has 1 saturated carbocycles. The predicted octanol–water partition coefficient (Wildman–Crippen LogP) is 5.04. The molecule has 1 aliphatic carbocycles. The molecule has 0 radical (unpaired) electrons. The number of nitrogens with one attached hydrogen (secondary N) is 1. The van der Waals surface area contributed by atoms with Crippen molar-refractivity contribution in [3.8, 4) is 0 Å². The molecule has 1 aliphatic heterocycles. The van der Waals surface area contributed by atoms with Crippen LogP contribution in [0.1, 0.15) is 32.1 Å². The van der Waals surface area contributed by atoms with Crippen molar-refractivity contribution in [3.05, 3.63) is 26.2 Å². The number of halogens is 4. The summed E-state index contributed by atoms with van der Waals surface area (Å²) >= 11 is 24.4. The molecule has 3 rings (SSSR count). The second kappa shape index (κ2) is 8.75. The highest BCUT2D eigenvalue weighted by Crippen LogP contribution is 2.42. The fourth-order valence-corrected chi connectivity index (χ4v) is 5.08. The highest BCUT2D eigenvalue weighted by molar-refractivity contribution is 6.50. The van der Waals surface area contributed by atoms with Crippen molar-refractivity contribution < 1.29 is 14.3 Å². The number of fused-ring (bicyclic) bond motifs is 1. The van der Waals surface area contributed by atoms with E-state index in [0.29, 0.717) is 5.92 Å². The second-order valence-electron chi connectivity index (χ2n) is 6.95. The van der Waals surface area contributed by atoms with Gasteiger partial charge in [0.15, 0.2) is 0 Å². The standard InChI is InChI=1S/C18H20Cl4N2O3/c1-27-18(26)13-6-9-4-2-3-5-12(9)24(13)8-14(25)23-17-15(21)10(19)7-11(20)16(17)22/h7,9,12-13H,2-6,8H2,1H3,(H,23,25). The molecule has 9 heteroatoms. The van der Waals surface area contributed by atoms with E-state index in [-0.39, 0.29) is 50.2 Å². The maximum absolute atomic E-state index is 12.7. The largest absolute Gasteiger partial charge is 0.468 e. The third kappa shape index (κ3) is 4.33. The average Bonchev–Trinajstić information content (AvgIpc) is 3.01. The Balaban J connectivity index is 1.79. The highest BCUT2D eigenvalue weighted by atomic mass is 35.5. The lowest BCUT2D eigenvalue weighted by Gasteiger charge is -2.32. The van der Waals surface area contributed by atoms with E-state index >= 15 is 0 Å². The van der Waals surface area contributed by atoms with Gasteiger partial charge in [-0.3, -0.25) is 14.5 Å². The first-order chi connectivity index (χ1) is 12.8. The Bertz CT molecular complexity index is 732. The Morgan fingerprint density at radius 3 is 2.41 bits per heavy atom. The first kappa shape index (κ1) is 21.0. The van der Waals surface area contributed by atoms with Gasteiger partial charge in [-0.25, -0.2) is 0 Å². The number of hydrogen-bond donors (Lipinski definition) is 1. The summed E-state index contributed by atoms with van der Waals surface area (Å²) in [6.45, 7) is 0.0394. The van der Waals surface area contributed by atoms with Gasteiger partial charge in [0.05, 0.1) is 39.4 Å². The van der Waals surface area contributed by atoms with Crippen molar-refractivity contribution >= 4 is 64.0 Å². The molecule has 27 heavy (non-hydrogen) atoms. The maximum Gasteiger partial charge on any atom is 0.323 e. The summed E-state index contributed by atoms with van der Waals surface area (Å²) in [4.78, 5) is 26.9. The van der Waals surface area contributed by atoms with Crippen LogP contribution in [0, 0.1) is 5.92 Å². The van der Waals surface area contributed by atoms with E-state index < -0.39 is 6.04 Å². The van der Waals surface area contributed by atoms with Crippen LogP contribution in [0.15, 0.2) is 6.07 Å². The predicted molar refractivity (Wildman–Crippen MR) is 108 cm³/mol. The van der Waals surface area contributed by atoms with Crippen molar-refractivity contribution in [1.29, 1.82) is 0 Å². The zero-order valence-electron chi connectivity index (χ0n) is 14.7. The second-order valence-corrected chi connectivity index (χ2v) is 8.52. The maximum atomic E-state index is 12.7. The van der Waals surface area contributed by atoms with Gasteiger partial charge in [-0.05, 0) is 31.2 Å². The molecular weight excluding hydrogens is 434 g/mol. The van der Waals surface area contributed by atoms with E-state index in [1.54, 1.807) is 0 Å². The number of rotatable bonds is 4. The number of hydrogen-bond acceptors (Lipinski definition) is 4. The molecule has 1 aromatic carbocycles. The van der Waals surface area contributed by atoms with E-state index in [4.69, 9.17) is 51.1 Å². The fourth-order valence-electron chi connectivity index (χ4n) is 4.18. The molecular formula is C18H20Cl4N2O3. The van der Waals surface area contributed by atoms with E-state index in [1.165, 1.54) is 13.2 Å². The SMILES string of the molecule is COC(=O)C1CC2CCCCC2N1CC(=O)Nc1c(Cl)c(Cl)cc(Cl)c1Cl. The smallest absolute Gasteiger partial charge is 0.323 e. The highest BCUT2D eigenvalue weighted by Gasteiger charge is 2.46. The van der Waals surface area contributed by atoms with E-state index in [1.807, 2.05) is 4.90 Å². The minimum Gasteiger partial charge on any atom is -0.468 e. The van der Waals surface area contributed by atoms with Crippen LogP contribution in [0.4, 0.5) is 5.69 Å². The number of carbonyl (C=O) groups excluding carboxylic acids is 2. The third-order valence-electron chi connectivity index (χ3n) is 5.40. The lowest BCUT2D eigenvalue weighted by molar-refractivity contribution is -0.146. The zero-order chi connectivity index (χ0) is 19.7. The van der Waals surface area contributed by atoms with Gasteiger partial charge < -0.3 is 10.1 Å². The summed E-state index contributed by atoms with van der Waals surface area (Å²) in [5.41, 5.74) is 0.176. The van der Waals surface area contributed by atoms with E-state index in [0.717, 1.165) is 32.1 Å². The molecule has 0 aromatic heterocycles. The van der Waals surface area contributed by atoms with Gasteiger partial charge in [-0.1, -0.05) is 59.2 Å². The molecule has 5 nitrogen and oxygen atoms in total. The topological polar surface area (TPSA) is 58.6 Å². The lowest BCUT2D eigenvalue weighted by Crippen LogP contribution is -2.46. The Hall–Kier alpha value is -0.720. The average molecular weight is 454 g/mol. The van der Waals surface area contributed by atoms with Gasteiger partial charge in [-0.15, -0.1) is 0 Å².